The van der Waals surface area contributed by atoms with Gasteiger partial charge < -0.3 is 9.88 Å². The number of carbonyl (C=O) groups excluding carboxylic acids is 1. The minimum atomic E-state index is -5.00. The van der Waals surface area contributed by atoms with E-state index in [1.807, 2.05) is 5.32 Å². The minimum Gasteiger partial charge on any atom is -0.345 e. The molecule has 2 N–H and O–H groups in total. The third-order valence-electron chi connectivity index (χ3n) is 3.78. The van der Waals surface area contributed by atoms with Crippen LogP contribution in [-0.2, 0) is 23.2 Å². The molecule has 2 rings (SSSR count). The van der Waals surface area contributed by atoms with Gasteiger partial charge in [-0.05, 0) is 18.2 Å². The molecular weight excluding hydrogens is 447 g/mol. The van der Waals surface area contributed by atoms with Crippen LogP contribution in [-0.4, -0.2) is 31.6 Å². The predicted octanol–water partition coefficient (Wildman–Crippen LogP) is 3.67. The van der Waals surface area contributed by atoms with E-state index in [0.717, 1.165) is 29.0 Å². The Morgan fingerprint density at radius 3 is 2.33 bits per heavy atom. The maximum Gasteiger partial charge on any atom is 0.419 e. The average Bonchev–Trinajstić information content (AvgIpc) is 2.97. The fourth-order valence-electron chi connectivity index (χ4n) is 2.35. The topological polar surface area (TPSA) is 80.2 Å². The monoisotopic (exact) mass is 461 g/mol. The van der Waals surface area contributed by atoms with Gasteiger partial charge in [-0.3, -0.25) is 4.79 Å². The van der Waals surface area contributed by atoms with Crippen molar-refractivity contribution in [3.8, 4) is 0 Å². The average molecular weight is 461 g/mol. The number of amides is 1. The van der Waals surface area contributed by atoms with E-state index in [4.69, 9.17) is 0 Å². The van der Waals surface area contributed by atoms with E-state index in [0.29, 0.717) is 6.07 Å². The zero-order valence-corrected chi connectivity index (χ0v) is 15.8. The molecule has 6 nitrogen and oxygen atoms in total. The first-order valence-electron chi connectivity index (χ1n) is 8.01. The lowest BCUT2D eigenvalue weighted by Gasteiger charge is -2.12. The van der Waals surface area contributed by atoms with Crippen molar-refractivity contribution in [2.75, 3.05) is 11.9 Å². The Kier molecular flexibility index (Phi) is 6.51. The van der Waals surface area contributed by atoms with Gasteiger partial charge in [0.2, 0.25) is 10.0 Å². The molecule has 1 heterocycles. The highest BCUT2D eigenvalue weighted by Gasteiger charge is 2.35. The summed E-state index contributed by atoms with van der Waals surface area (Å²) in [5, 5.41) is 1.91. The quantitative estimate of drug-likeness (QED) is 0.645. The van der Waals surface area contributed by atoms with E-state index in [1.54, 1.807) is 4.72 Å². The standard InChI is InChI=1S/C16H14F7N3O3S/c1-26-8-9(30(28,29)24-6-5-15(18,19)20)7-12(26)14(27)25-11-4-2-3-10(13(11)17)16(21,22)23/h2-4,7-8,24H,5-6H2,1H3,(H,25,27). The molecule has 0 radical (unpaired) electrons. The fraction of sp³-hybridized carbons (Fsp3) is 0.312. The van der Waals surface area contributed by atoms with Crippen LogP contribution in [0.4, 0.5) is 36.4 Å². The maximum atomic E-state index is 14.0. The highest BCUT2D eigenvalue weighted by molar-refractivity contribution is 7.89. The number of aryl methyl sites for hydroxylation is 1. The summed E-state index contributed by atoms with van der Waals surface area (Å²) in [5.74, 6) is -2.86. The van der Waals surface area contributed by atoms with Crippen LogP contribution in [0.3, 0.4) is 0 Å². The lowest BCUT2D eigenvalue weighted by molar-refractivity contribution is -0.140. The molecule has 1 amide bonds. The Morgan fingerprint density at radius 1 is 1.13 bits per heavy atom. The number of hydrogen-bond acceptors (Lipinski definition) is 3. The summed E-state index contributed by atoms with van der Waals surface area (Å²) in [5.41, 5.74) is -2.78. The van der Waals surface area contributed by atoms with Crippen molar-refractivity contribution in [2.24, 2.45) is 7.05 Å². The minimum absolute atomic E-state index is 0.386. The largest absolute Gasteiger partial charge is 0.419 e. The Labute approximate surface area is 165 Å². The molecule has 30 heavy (non-hydrogen) atoms. The van der Waals surface area contributed by atoms with E-state index in [2.05, 4.69) is 0 Å². The predicted molar refractivity (Wildman–Crippen MR) is 90.6 cm³/mol. The number of hydrogen-bond donors (Lipinski definition) is 2. The van der Waals surface area contributed by atoms with Crippen LogP contribution in [0.5, 0.6) is 0 Å². The van der Waals surface area contributed by atoms with Gasteiger partial charge in [0.05, 0.1) is 17.7 Å². The molecule has 14 heteroatoms. The molecule has 0 fully saturated rings. The van der Waals surface area contributed by atoms with Crippen LogP contribution in [0.25, 0.3) is 0 Å². The summed E-state index contributed by atoms with van der Waals surface area (Å²) in [4.78, 5) is 11.7. The molecule has 0 atom stereocenters. The number of alkyl halides is 6. The second kappa shape index (κ2) is 8.26. The van der Waals surface area contributed by atoms with E-state index in [-0.39, 0.29) is 5.69 Å². The molecule has 2 aromatic rings. The molecule has 0 spiro atoms. The first kappa shape index (κ1) is 23.7. The number of rotatable bonds is 6. The molecule has 0 saturated carbocycles. The highest BCUT2D eigenvalue weighted by atomic mass is 32.2. The molecule has 0 aliphatic rings. The molecular formula is C16H14F7N3O3S. The second-order valence-electron chi connectivity index (χ2n) is 6.05. The van der Waals surface area contributed by atoms with Gasteiger partial charge in [-0.2, -0.15) is 26.3 Å². The summed E-state index contributed by atoms with van der Waals surface area (Å²) in [6.07, 6.45) is -10.1. The zero-order chi connectivity index (χ0) is 22.9. The van der Waals surface area contributed by atoms with Gasteiger partial charge in [0.1, 0.15) is 10.6 Å². The number of carbonyl (C=O) groups is 1. The van der Waals surface area contributed by atoms with Crippen molar-refractivity contribution in [1.29, 1.82) is 0 Å². The van der Waals surface area contributed by atoms with Crippen molar-refractivity contribution in [2.45, 2.75) is 23.7 Å². The van der Waals surface area contributed by atoms with Gasteiger partial charge >= 0.3 is 12.4 Å². The maximum absolute atomic E-state index is 14.0. The molecule has 0 unspecified atom stereocenters. The van der Waals surface area contributed by atoms with Crippen molar-refractivity contribution < 1.29 is 43.9 Å². The number of benzene rings is 1. The fourth-order valence-corrected chi connectivity index (χ4v) is 3.45. The van der Waals surface area contributed by atoms with E-state index < -0.39 is 63.2 Å². The summed E-state index contributed by atoms with van der Waals surface area (Å²) >= 11 is 0. The number of nitrogens with zero attached hydrogens (tertiary/aromatic N) is 1. The van der Waals surface area contributed by atoms with Gasteiger partial charge in [-0.15, -0.1) is 0 Å². The van der Waals surface area contributed by atoms with Gasteiger partial charge in [0.25, 0.3) is 5.91 Å². The van der Waals surface area contributed by atoms with Crippen LogP contribution in [0, 0.1) is 5.82 Å². The van der Waals surface area contributed by atoms with Crippen molar-refractivity contribution in [3.63, 3.8) is 0 Å². The van der Waals surface area contributed by atoms with Crippen LogP contribution >= 0.6 is 0 Å². The number of anilines is 1. The first-order chi connectivity index (χ1) is 13.6. The van der Waals surface area contributed by atoms with Gasteiger partial charge in [0.15, 0.2) is 5.82 Å². The molecule has 0 aliphatic carbocycles. The number of sulfonamides is 1. The van der Waals surface area contributed by atoms with E-state index >= 15 is 0 Å². The number of halogens is 7. The third kappa shape index (κ3) is 5.72. The highest BCUT2D eigenvalue weighted by Crippen LogP contribution is 2.34. The lowest BCUT2D eigenvalue weighted by atomic mass is 10.1. The summed E-state index contributed by atoms with van der Waals surface area (Å²) in [6, 6.07) is 3.01. The van der Waals surface area contributed by atoms with Gasteiger partial charge in [-0.1, -0.05) is 6.07 Å². The number of nitrogens with one attached hydrogen (secondary N) is 2. The van der Waals surface area contributed by atoms with Gasteiger partial charge in [0, 0.05) is 19.8 Å². The lowest BCUT2D eigenvalue weighted by Crippen LogP contribution is -2.27. The summed E-state index contributed by atoms with van der Waals surface area (Å²) in [6.45, 7) is -0.933. The van der Waals surface area contributed by atoms with Crippen LogP contribution < -0.4 is 10.0 Å². The van der Waals surface area contributed by atoms with E-state index in [9.17, 15) is 43.9 Å². The Balaban J connectivity index is 2.22. The summed E-state index contributed by atoms with van der Waals surface area (Å²) < 4.78 is 116. The Hall–Kier alpha value is -2.61. The van der Waals surface area contributed by atoms with Crippen LogP contribution in [0.2, 0.25) is 0 Å². The molecule has 1 aromatic carbocycles. The Bertz CT molecular complexity index is 1040. The SMILES string of the molecule is Cn1cc(S(=O)(=O)NCCC(F)(F)F)cc1C(=O)Nc1cccc(C(F)(F)F)c1F. The molecule has 1 aromatic heterocycles. The zero-order valence-electron chi connectivity index (χ0n) is 15.0. The molecule has 166 valence electrons. The van der Waals surface area contributed by atoms with E-state index in [1.165, 1.54) is 7.05 Å². The first-order valence-corrected chi connectivity index (χ1v) is 9.50. The second-order valence-corrected chi connectivity index (χ2v) is 7.82. The van der Waals surface area contributed by atoms with Crippen molar-refractivity contribution >= 4 is 21.6 Å². The molecule has 0 saturated heterocycles. The molecule has 0 aliphatic heterocycles. The number of aromatic nitrogens is 1. The Morgan fingerprint density at radius 2 is 1.77 bits per heavy atom. The van der Waals surface area contributed by atoms with Crippen LogP contribution in [0.1, 0.15) is 22.5 Å². The van der Waals surface area contributed by atoms with Gasteiger partial charge in [-0.25, -0.2) is 17.5 Å². The third-order valence-corrected chi connectivity index (χ3v) is 5.20. The van der Waals surface area contributed by atoms with Crippen molar-refractivity contribution in [1.82, 2.24) is 9.29 Å². The smallest absolute Gasteiger partial charge is 0.345 e. The van der Waals surface area contributed by atoms with Crippen LogP contribution in [0.15, 0.2) is 35.4 Å². The van der Waals surface area contributed by atoms with Crippen molar-refractivity contribution in [3.05, 3.63) is 47.5 Å². The summed E-state index contributed by atoms with van der Waals surface area (Å²) in [7, 11) is -3.18. The normalized spacial score (nSPS) is 12.8. The molecule has 0 bridgehead atoms.